The molecule has 0 aromatic heterocycles. The molecule has 9 heteroatoms. The first-order chi connectivity index (χ1) is 9.01. The number of aliphatic imine (C=N–C) groups is 1. The Bertz CT molecular complexity index is 509. The number of halogens is 2. The van der Waals surface area contributed by atoms with Gasteiger partial charge in [-0.2, -0.15) is 0 Å². The highest BCUT2D eigenvalue weighted by Crippen LogP contribution is 2.35. The van der Waals surface area contributed by atoms with Crippen LogP contribution in [0.2, 0.25) is 5.02 Å². The Morgan fingerprint density at radius 1 is 1.30 bits per heavy atom. The van der Waals surface area contributed by atoms with E-state index in [4.69, 9.17) is 26.8 Å². The number of methoxy groups -OCH3 is 2. The number of hydrogen-bond acceptors (Lipinski definition) is 4. The van der Waals surface area contributed by atoms with Crippen molar-refractivity contribution in [2.24, 2.45) is 10.7 Å². The molecule has 2 amide bonds. The fourth-order valence-electron chi connectivity index (χ4n) is 1.28. The minimum Gasteiger partial charge on any atom is -0.495 e. The number of rotatable bonds is 3. The number of carbonyl (C=O) groups excluding carboxylic acids is 1. The Labute approximate surface area is 127 Å². The molecule has 1 rings (SSSR count). The monoisotopic (exact) mass is 322 g/mol. The summed E-state index contributed by atoms with van der Waals surface area (Å²) in [4.78, 5) is 15.2. The standard InChI is InChI=1S/C11H15ClN4O3.ClH/c1-14-10(13)16-11(17)15-7-4-6(12)8(18-2)5-9(7)19-3;/h4-5H,1-3H3,(H4,13,14,15,16,17);1H. The molecule has 0 aliphatic heterocycles. The van der Waals surface area contributed by atoms with Crippen LogP contribution in [0.4, 0.5) is 10.5 Å². The predicted octanol–water partition coefficient (Wildman–Crippen LogP) is 1.85. The lowest BCUT2D eigenvalue weighted by atomic mass is 10.2. The third-order valence-corrected chi connectivity index (χ3v) is 2.50. The van der Waals surface area contributed by atoms with Gasteiger partial charge in [0.1, 0.15) is 11.5 Å². The molecule has 0 fully saturated rings. The zero-order valence-electron chi connectivity index (χ0n) is 11.2. The topological polar surface area (TPSA) is 98.0 Å². The molecule has 0 heterocycles. The fraction of sp³-hybridized carbons (Fsp3) is 0.273. The van der Waals surface area contributed by atoms with Gasteiger partial charge >= 0.3 is 6.03 Å². The highest BCUT2D eigenvalue weighted by atomic mass is 35.5. The number of nitrogens with one attached hydrogen (secondary N) is 2. The molecule has 112 valence electrons. The van der Waals surface area contributed by atoms with Gasteiger partial charge in [-0.25, -0.2) is 4.79 Å². The minimum atomic E-state index is -0.553. The second-order valence-electron chi connectivity index (χ2n) is 3.38. The lowest BCUT2D eigenvalue weighted by Gasteiger charge is -2.13. The number of anilines is 1. The first-order valence-electron chi connectivity index (χ1n) is 5.23. The lowest BCUT2D eigenvalue weighted by Crippen LogP contribution is -2.39. The van der Waals surface area contributed by atoms with Crippen LogP contribution in [0.5, 0.6) is 11.5 Å². The van der Waals surface area contributed by atoms with Crippen LogP contribution in [-0.4, -0.2) is 33.3 Å². The molecule has 0 aliphatic rings. The minimum absolute atomic E-state index is 0. The molecule has 0 saturated carbocycles. The van der Waals surface area contributed by atoms with Gasteiger partial charge in [0.05, 0.1) is 24.9 Å². The first-order valence-corrected chi connectivity index (χ1v) is 5.61. The summed E-state index contributed by atoms with van der Waals surface area (Å²) in [6.07, 6.45) is 0. The maximum atomic E-state index is 11.6. The maximum Gasteiger partial charge on any atom is 0.326 e. The molecule has 0 unspecified atom stereocenters. The van der Waals surface area contributed by atoms with Gasteiger partial charge in [0.15, 0.2) is 5.96 Å². The smallest absolute Gasteiger partial charge is 0.326 e. The van der Waals surface area contributed by atoms with E-state index < -0.39 is 6.03 Å². The van der Waals surface area contributed by atoms with Crippen molar-refractivity contribution in [3.63, 3.8) is 0 Å². The molecule has 0 atom stereocenters. The van der Waals surface area contributed by atoms with Crippen molar-refractivity contribution in [2.45, 2.75) is 0 Å². The summed E-state index contributed by atoms with van der Waals surface area (Å²) in [6, 6.07) is 2.52. The number of ether oxygens (including phenoxy) is 2. The van der Waals surface area contributed by atoms with Crippen LogP contribution in [0, 0.1) is 0 Å². The van der Waals surface area contributed by atoms with Gasteiger partial charge in [0.2, 0.25) is 0 Å². The summed E-state index contributed by atoms with van der Waals surface area (Å²) in [5.74, 6) is 0.846. The van der Waals surface area contributed by atoms with E-state index in [1.807, 2.05) is 0 Å². The Morgan fingerprint density at radius 3 is 2.40 bits per heavy atom. The van der Waals surface area contributed by atoms with Gasteiger partial charge in [-0.05, 0) is 6.07 Å². The third kappa shape index (κ3) is 4.67. The number of guanidine groups is 1. The predicted molar refractivity (Wildman–Crippen MR) is 81.5 cm³/mol. The molecule has 0 aliphatic carbocycles. The van der Waals surface area contributed by atoms with Crippen molar-refractivity contribution in [3.05, 3.63) is 17.2 Å². The van der Waals surface area contributed by atoms with Gasteiger partial charge in [0, 0.05) is 13.1 Å². The van der Waals surface area contributed by atoms with Gasteiger partial charge in [-0.3, -0.25) is 10.3 Å². The number of hydrogen-bond donors (Lipinski definition) is 3. The van der Waals surface area contributed by atoms with Crippen molar-refractivity contribution in [1.29, 1.82) is 0 Å². The zero-order valence-corrected chi connectivity index (χ0v) is 12.8. The molecule has 20 heavy (non-hydrogen) atoms. The van der Waals surface area contributed by atoms with E-state index in [0.717, 1.165) is 0 Å². The molecular formula is C11H16Cl2N4O3. The number of nitrogens with zero attached hydrogens (tertiary/aromatic N) is 1. The van der Waals surface area contributed by atoms with Crippen LogP contribution < -0.4 is 25.8 Å². The summed E-state index contributed by atoms with van der Waals surface area (Å²) < 4.78 is 10.2. The first kappa shape index (κ1) is 18.1. The quantitative estimate of drug-likeness (QED) is 0.584. The molecule has 0 radical (unpaired) electrons. The summed E-state index contributed by atoms with van der Waals surface area (Å²) in [6.45, 7) is 0. The molecule has 0 bridgehead atoms. The molecule has 4 N–H and O–H groups in total. The number of nitrogens with two attached hydrogens (primary N) is 1. The van der Waals surface area contributed by atoms with Gasteiger partial charge in [0.25, 0.3) is 0 Å². The average Bonchev–Trinajstić information content (AvgIpc) is 2.38. The van der Waals surface area contributed by atoms with E-state index >= 15 is 0 Å². The van der Waals surface area contributed by atoms with Crippen LogP contribution in [0.15, 0.2) is 17.1 Å². The van der Waals surface area contributed by atoms with Crippen LogP contribution >= 0.6 is 24.0 Å². The molecule has 0 spiro atoms. The average molecular weight is 323 g/mol. The summed E-state index contributed by atoms with van der Waals surface area (Å²) in [5, 5.41) is 5.21. The third-order valence-electron chi connectivity index (χ3n) is 2.20. The Hall–Kier alpha value is -1.86. The van der Waals surface area contributed by atoms with Crippen LogP contribution in [0.25, 0.3) is 0 Å². The number of amides is 2. The van der Waals surface area contributed by atoms with Crippen LogP contribution in [0.1, 0.15) is 0 Å². The van der Waals surface area contributed by atoms with Crippen molar-refractivity contribution >= 4 is 41.7 Å². The summed E-state index contributed by atoms with van der Waals surface area (Å²) >= 11 is 5.97. The highest BCUT2D eigenvalue weighted by Gasteiger charge is 2.12. The largest absolute Gasteiger partial charge is 0.495 e. The SMILES string of the molecule is CN=C(N)NC(=O)Nc1cc(Cl)c(OC)cc1OC.Cl. The Balaban J connectivity index is 0.00000361. The highest BCUT2D eigenvalue weighted by molar-refractivity contribution is 6.32. The van der Waals surface area contributed by atoms with Gasteiger partial charge in [-0.15, -0.1) is 12.4 Å². The molecule has 7 nitrogen and oxygen atoms in total. The Morgan fingerprint density at radius 2 is 1.90 bits per heavy atom. The second-order valence-corrected chi connectivity index (χ2v) is 3.78. The lowest BCUT2D eigenvalue weighted by molar-refractivity contribution is 0.256. The van der Waals surface area contributed by atoms with Crippen LogP contribution in [-0.2, 0) is 0 Å². The van der Waals surface area contributed by atoms with Crippen molar-refractivity contribution < 1.29 is 14.3 Å². The van der Waals surface area contributed by atoms with Crippen molar-refractivity contribution in [1.82, 2.24) is 5.32 Å². The zero-order chi connectivity index (χ0) is 14.4. The van der Waals surface area contributed by atoms with Crippen LogP contribution in [0.3, 0.4) is 0 Å². The summed E-state index contributed by atoms with van der Waals surface area (Å²) in [7, 11) is 4.41. The van der Waals surface area contributed by atoms with E-state index in [1.54, 1.807) is 6.07 Å². The van der Waals surface area contributed by atoms with E-state index in [0.29, 0.717) is 22.2 Å². The van der Waals surface area contributed by atoms with E-state index in [1.165, 1.54) is 27.3 Å². The normalized spacial score (nSPS) is 10.3. The second kappa shape index (κ2) is 8.34. The number of benzene rings is 1. The fourth-order valence-corrected chi connectivity index (χ4v) is 1.52. The number of carbonyl (C=O) groups is 1. The molecule has 1 aromatic rings. The molecule has 1 aromatic carbocycles. The molecule has 0 saturated heterocycles. The van der Waals surface area contributed by atoms with E-state index in [2.05, 4.69) is 15.6 Å². The van der Waals surface area contributed by atoms with Gasteiger partial charge < -0.3 is 20.5 Å². The number of urea groups is 1. The van der Waals surface area contributed by atoms with E-state index in [9.17, 15) is 4.79 Å². The Kier molecular flexibility index (Phi) is 7.56. The van der Waals surface area contributed by atoms with Gasteiger partial charge in [-0.1, -0.05) is 11.6 Å². The van der Waals surface area contributed by atoms with Crippen molar-refractivity contribution in [2.75, 3.05) is 26.6 Å². The molecular weight excluding hydrogens is 307 g/mol. The summed E-state index contributed by atoms with van der Waals surface area (Å²) in [5.41, 5.74) is 5.76. The van der Waals surface area contributed by atoms with Crippen molar-refractivity contribution in [3.8, 4) is 11.5 Å². The maximum absolute atomic E-state index is 11.6. The van der Waals surface area contributed by atoms with E-state index in [-0.39, 0.29) is 18.4 Å².